The number of hydrogen-bond donors (Lipinski definition) is 3. The predicted octanol–water partition coefficient (Wildman–Crippen LogP) is 2.24. The molecular formula is C13H11NO5. The van der Waals surface area contributed by atoms with Crippen molar-refractivity contribution in [2.45, 2.75) is 6.92 Å². The number of benzene rings is 1. The van der Waals surface area contributed by atoms with E-state index in [4.69, 9.17) is 9.52 Å². The number of phenolic OH excluding ortho intramolecular Hbond substituents is 1. The number of carbonyl (C=O) groups excluding carboxylic acids is 1. The van der Waals surface area contributed by atoms with Crippen LogP contribution in [0.4, 0.5) is 5.69 Å². The lowest BCUT2D eigenvalue weighted by Crippen LogP contribution is -2.14. The molecule has 2 aromatic rings. The molecule has 0 aliphatic carbocycles. The highest BCUT2D eigenvalue weighted by Gasteiger charge is 2.16. The summed E-state index contributed by atoms with van der Waals surface area (Å²) < 4.78 is 5.13. The Hall–Kier alpha value is -2.76. The number of anilines is 1. The first-order valence-corrected chi connectivity index (χ1v) is 5.41. The number of furan rings is 1. The largest absolute Gasteiger partial charge is 0.508 e. The first-order chi connectivity index (χ1) is 8.97. The van der Waals surface area contributed by atoms with Crippen molar-refractivity contribution in [1.29, 1.82) is 0 Å². The van der Waals surface area contributed by atoms with Crippen LogP contribution in [-0.4, -0.2) is 22.1 Å². The Balaban J connectivity index is 2.28. The van der Waals surface area contributed by atoms with Crippen LogP contribution in [0.15, 0.2) is 34.7 Å². The van der Waals surface area contributed by atoms with E-state index in [0.29, 0.717) is 5.76 Å². The van der Waals surface area contributed by atoms with Crippen LogP contribution in [0.1, 0.15) is 26.7 Å². The summed E-state index contributed by atoms with van der Waals surface area (Å²) in [5.74, 6) is -1.33. The number of amides is 1. The van der Waals surface area contributed by atoms with Crippen LogP contribution in [0.3, 0.4) is 0 Å². The van der Waals surface area contributed by atoms with E-state index in [1.165, 1.54) is 18.2 Å². The molecule has 1 aromatic carbocycles. The molecule has 0 atom stereocenters. The van der Waals surface area contributed by atoms with E-state index < -0.39 is 11.9 Å². The minimum atomic E-state index is -1.25. The van der Waals surface area contributed by atoms with Crippen molar-refractivity contribution in [3.05, 3.63) is 47.4 Å². The van der Waals surface area contributed by atoms with Crippen LogP contribution in [0.2, 0.25) is 0 Å². The third-order valence-corrected chi connectivity index (χ3v) is 2.45. The van der Waals surface area contributed by atoms with E-state index in [2.05, 4.69) is 5.32 Å². The molecule has 1 aromatic heterocycles. The monoisotopic (exact) mass is 261 g/mol. The zero-order valence-electron chi connectivity index (χ0n) is 10.0. The summed E-state index contributed by atoms with van der Waals surface area (Å²) in [5.41, 5.74) is -0.110. The average molecular weight is 261 g/mol. The summed E-state index contributed by atoms with van der Waals surface area (Å²) in [6.07, 6.45) is 0. The topological polar surface area (TPSA) is 99.8 Å². The van der Waals surface area contributed by atoms with Gasteiger partial charge in [-0.3, -0.25) is 4.79 Å². The maximum absolute atomic E-state index is 11.8. The molecule has 0 bridgehead atoms. The van der Waals surface area contributed by atoms with Gasteiger partial charge in [-0.25, -0.2) is 4.79 Å². The molecule has 0 spiro atoms. The first kappa shape index (κ1) is 12.7. The predicted molar refractivity (Wildman–Crippen MR) is 66.5 cm³/mol. The lowest BCUT2D eigenvalue weighted by molar-refractivity contribution is 0.0697. The summed E-state index contributed by atoms with van der Waals surface area (Å²) in [5, 5.41) is 20.7. The minimum absolute atomic E-state index is 0.0851. The summed E-state index contributed by atoms with van der Waals surface area (Å²) in [6, 6.07) is 6.78. The quantitative estimate of drug-likeness (QED) is 0.736. The van der Waals surface area contributed by atoms with Gasteiger partial charge in [-0.15, -0.1) is 0 Å². The molecule has 0 unspecified atom stereocenters. The van der Waals surface area contributed by atoms with Gasteiger partial charge in [0.15, 0.2) is 5.76 Å². The Labute approximate surface area is 108 Å². The van der Waals surface area contributed by atoms with E-state index >= 15 is 0 Å². The third-order valence-electron chi connectivity index (χ3n) is 2.45. The number of rotatable bonds is 3. The van der Waals surface area contributed by atoms with Crippen molar-refractivity contribution in [1.82, 2.24) is 0 Å². The summed E-state index contributed by atoms with van der Waals surface area (Å²) in [7, 11) is 0. The summed E-state index contributed by atoms with van der Waals surface area (Å²) in [4.78, 5) is 22.8. The molecule has 1 heterocycles. The lowest BCUT2D eigenvalue weighted by atomic mass is 10.1. The van der Waals surface area contributed by atoms with Crippen LogP contribution < -0.4 is 5.32 Å². The lowest BCUT2D eigenvalue weighted by Gasteiger charge is -2.07. The molecular weight excluding hydrogens is 250 g/mol. The second kappa shape index (κ2) is 4.85. The van der Waals surface area contributed by atoms with Crippen molar-refractivity contribution in [2.75, 3.05) is 5.32 Å². The van der Waals surface area contributed by atoms with Gasteiger partial charge in [0.05, 0.1) is 11.3 Å². The molecule has 0 radical (unpaired) electrons. The van der Waals surface area contributed by atoms with Gasteiger partial charge < -0.3 is 19.9 Å². The smallest absolute Gasteiger partial charge is 0.337 e. The number of phenols is 1. The Morgan fingerprint density at radius 2 is 1.95 bits per heavy atom. The maximum Gasteiger partial charge on any atom is 0.337 e. The Kier molecular flexibility index (Phi) is 3.24. The van der Waals surface area contributed by atoms with Crippen molar-refractivity contribution in [3.63, 3.8) is 0 Å². The van der Waals surface area contributed by atoms with Crippen molar-refractivity contribution < 1.29 is 24.2 Å². The Bertz CT molecular complexity index is 644. The van der Waals surface area contributed by atoms with Gasteiger partial charge in [-0.05, 0) is 37.3 Å². The normalized spacial score (nSPS) is 10.2. The molecule has 19 heavy (non-hydrogen) atoms. The second-order valence-electron chi connectivity index (χ2n) is 3.90. The number of hydrogen-bond acceptors (Lipinski definition) is 4. The molecule has 2 rings (SSSR count). The molecule has 98 valence electrons. The molecule has 0 aliphatic rings. The Morgan fingerprint density at radius 3 is 2.53 bits per heavy atom. The zero-order chi connectivity index (χ0) is 14.0. The maximum atomic E-state index is 11.8. The van der Waals surface area contributed by atoms with E-state index in [1.807, 2.05) is 0 Å². The number of carboxylic acids is 1. The third kappa shape index (κ3) is 2.74. The van der Waals surface area contributed by atoms with Gasteiger partial charge in [0.1, 0.15) is 11.5 Å². The highest BCUT2D eigenvalue weighted by molar-refractivity contribution is 6.06. The van der Waals surface area contributed by atoms with Crippen molar-refractivity contribution in [3.8, 4) is 5.75 Å². The van der Waals surface area contributed by atoms with Crippen molar-refractivity contribution in [2.24, 2.45) is 0 Å². The van der Waals surface area contributed by atoms with E-state index in [1.54, 1.807) is 13.0 Å². The molecule has 6 nitrogen and oxygen atoms in total. The first-order valence-electron chi connectivity index (χ1n) is 5.41. The second-order valence-corrected chi connectivity index (χ2v) is 3.90. The highest BCUT2D eigenvalue weighted by Crippen LogP contribution is 2.22. The minimum Gasteiger partial charge on any atom is -0.508 e. The zero-order valence-corrected chi connectivity index (χ0v) is 10.0. The number of aromatic carboxylic acids is 1. The average Bonchev–Trinajstić information content (AvgIpc) is 2.78. The molecule has 1 amide bonds. The fourth-order valence-corrected chi connectivity index (χ4v) is 1.56. The highest BCUT2D eigenvalue weighted by atomic mass is 16.4. The SMILES string of the molecule is Cc1ccc(C(=O)Nc2ccc(O)cc2C(=O)O)o1. The van der Waals surface area contributed by atoms with Crippen LogP contribution >= 0.6 is 0 Å². The summed E-state index contributed by atoms with van der Waals surface area (Å²) in [6.45, 7) is 1.69. The fraction of sp³-hybridized carbons (Fsp3) is 0.0769. The van der Waals surface area contributed by atoms with E-state index in [9.17, 15) is 14.7 Å². The number of aromatic hydroxyl groups is 1. The van der Waals surface area contributed by atoms with Crippen LogP contribution in [0.25, 0.3) is 0 Å². The molecule has 0 saturated carbocycles. The number of nitrogens with one attached hydrogen (secondary N) is 1. The van der Waals surface area contributed by atoms with Gasteiger partial charge in [0.2, 0.25) is 0 Å². The van der Waals surface area contributed by atoms with Crippen molar-refractivity contribution >= 4 is 17.6 Å². The molecule has 0 fully saturated rings. The molecule has 0 saturated heterocycles. The van der Waals surface area contributed by atoms with Gasteiger partial charge in [-0.2, -0.15) is 0 Å². The standard InChI is InChI=1S/C13H11NO5/c1-7-2-5-11(19-7)12(16)14-10-4-3-8(15)6-9(10)13(17)18/h2-6,15H,1H3,(H,14,16)(H,17,18). The number of aryl methyl sites for hydroxylation is 1. The Morgan fingerprint density at radius 1 is 1.21 bits per heavy atom. The number of carboxylic acid groups (broad SMARTS) is 1. The molecule has 3 N–H and O–H groups in total. The van der Waals surface area contributed by atoms with Gasteiger partial charge in [-0.1, -0.05) is 0 Å². The van der Waals surface area contributed by atoms with Gasteiger partial charge in [0, 0.05) is 0 Å². The fourth-order valence-electron chi connectivity index (χ4n) is 1.56. The van der Waals surface area contributed by atoms with Gasteiger partial charge >= 0.3 is 5.97 Å². The molecule has 0 aliphatic heterocycles. The van der Waals surface area contributed by atoms with Crippen LogP contribution in [-0.2, 0) is 0 Å². The summed E-state index contributed by atoms with van der Waals surface area (Å²) >= 11 is 0. The van der Waals surface area contributed by atoms with Crippen LogP contribution in [0.5, 0.6) is 5.75 Å². The molecule has 6 heteroatoms. The van der Waals surface area contributed by atoms with Crippen LogP contribution in [0, 0.1) is 6.92 Å². The van der Waals surface area contributed by atoms with E-state index in [0.717, 1.165) is 6.07 Å². The van der Waals surface area contributed by atoms with E-state index in [-0.39, 0.29) is 22.8 Å². The number of carbonyl (C=O) groups is 2. The van der Waals surface area contributed by atoms with Gasteiger partial charge in [0.25, 0.3) is 5.91 Å².